The normalized spacial score (nSPS) is 15.2. The lowest BCUT2D eigenvalue weighted by Crippen LogP contribution is -2.41. The minimum Gasteiger partial charge on any atom is -0.346 e. The Hall–Kier alpha value is -3.18. The molecule has 148 valence electrons. The SMILES string of the molecule is O=C(NC[C@H](c1cccc2ccccc12)N1CCCC1)C(=O)Nc1ccccc1. The highest BCUT2D eigenvalue weighted by Crippen LogP contribution is 2.30. The molecular formula is C24H25N3O2. The first-order valence-electron chi connectivity index (χ1n) is 10.1. The van der Waals surface area contributed by atoms with Crippen molar-refractivity contribution in [2.75, 3.05) is 25.0 Å². The Morgan fingerprint density at radius 3 is 2.31 bits per heavy atom. The van der Waals surface area contributed by atoms with E-state index >= 15 is 0 Å². The van der Waals surface area contributed by atoms with Crippen molar-refractivity contribution in [3.05, 3.63) is 78.4 Å². The van der Waals surface area contributed by atoms with Crippen molar-refractivity contribution in [1.82, 2.24) is 10.2 Å². The number of carbonyl (C=O) groups is 2. The standard InChI is InChI=1S/C24H25N3O2/c28-23(24(29)26-19-11-2-1-3-12-19)25-17-22(27-15-6-7-16-27)21-14-8-10-18-9-4-5-13-20(18)21/h1-5,8-14,22H,6-7,15-17H2,(H,25,28)(H,26,29)/t22-/m1/s1. The van der Waals surface area contributed by atoms with Crippen molar-refractivity contribution in [2.45, 2.75) is 18.9 Å². The van der Waals surface area contributed by atoms with Crippen LogP contribution in [0.25, 0.3) is 10.8 Å². The second-order valence-electron chi connectivity index (χ2n) is 7.36. The van der Waals surface area contributed by atoms with Crippen LogP contribution in [0.5, 0.6) is 0 Å². The van der Waals surface area contributed by atoms with Crippen LogP contribution in [0.15, 0.2) is 72.8 Å². The molecule has 4 rings (SSSR count). The molecule has 0 aromatic heterocycles. The maximum atomic E-state index is 12.4. The van der Waals surface area contributed by atoms with E-state index in [1.807, 2.05) is 30.3 Å². The molecule has 1 saturated heterocycles. The molecule has 1 aliphatic heterocycles. The van der Waals surface area contributed by atoms with Crippen LogP contribution in [-0.4, -0.2) is 36.3 Å². The molecule has 1 atom stereocenters. The Balaban J connectivity index is 1.51. The molecule has 3 aromatic rings. The molecule has 2 N–H and O–H groups in total. The van der Waals surface area contributed by atoms with E-state index in [1.54, 1.807) is 12.1 Å². The number of carbonyl (C=O) groups excluding carboxylic acids is 2. The number of amides is 2. The first-order valence-corrected chi connectivity index (χ1v) is 10.1. The Morgan fingerprint density at radius 1 is 0.828 bits per heavy atom. The van der Waals surface area contributed by atoms with Crippen LogP contribution < -0.4 is 10.6 Å². The lowest BCUT2D eigenvalue weighted by molar-refractivity contribution is -0.136. The molecule has 2 amide bonds. The number of nitrogens with zero attached hydrogens (tertiary/aromatic N) is 1. The van der Waals surface area contributed by atoms with Crippen LogP contribution in [-0.2, 0) is 9.59 Å². The quantitative estimate of drug-likeness (QED) is 0.656. The number of likely N-dealkylation sites (tertiary alicyclic amines) is 1. The predicted octanol–water partition coefficient (Wildman–Crippen LogP) is 3.73. The summed E-state index contributed by atoms with van der Waals surface area (Å²) < 4.78 is 0. The molecule has 0 unspecified atom stereocenters. The highest BCUT2D eigenvalue weighted by molar-refractivity contribution is 6.39. The average Bonchev–Trinajstić information content (AvgIpc) is 3.29. The van der Waals surface area contributed by atoms with Crippen LogP contribution in [0.1, 0.15) is 24.4 Å². The minimum atomic E-state index is -0.644. The van der Waals surface area contributed by atoms with Gasteiger partial charge in [-0.05, 0) is 54.4 Å². The van der Waals surface area contributed by atoms with Crippen molar-refractivity contribution in [3.8, 4) is 0 Å². The number of rotatable bonds is 5. The fourth-order valence-corrected chi connectivity index (χ4v) is 4.01. The Bertz CT molecular complexity index is 992. The van der Waals surface area contributed by atoms with E-state index in [2.05, 4.69) is 45.9 Å². The van der Waals surface area contributed by atoms with Gasteiger partial charge in [-0.25, -0.2) is 0 Å². The number of anilines is 1. The summed E-state index contributed by atoms with van der Waals surface area (Å²) in [7, 11) is 0. The second kappa shape index (κ2) is 8.88. The fourth-order valence-electron chi connectivity index (χ4n) is 4.01. The van der Waals surface area contributed by atoms with Crippen molar-refractivity contribution >= 4 is 28.3 Å². The minimum absolute atomic E-state index is 0.0390. The summed E-state index contributed by atoms with van der Waals surface area (Å²) in [4.78, 5) is 27.1. The Kier molecular flexibility index (Phi) is 5.86. The Labute approximate surface area is 170 Å². The van der Waals surface area contributed by atoms with Crippen molar-refractivity contribution in [1.29, 1.82) is 0 Å². The summed E-state index contributed by atoms with van der Waals surface area (Å²) in [6.45, 7) is 2.40. The summed E-state index contributed by atoms with van der Waals surface area (Å²) in [5, 5.41) is 7.86. The number of nitrogens with one attached hydrogen (secondary N) is 2. The van der Waals surface area contributed by atoms with Gasteiger partial charge < -0.3 is 10.6 Å². The van der Waals surface area contributed by atoms with Gasteiger partial charge >= 0.3 is 11.8 Å². The summed E-state index contributed by atoms with van der Waals surface area (Å²) in [6, 6.07) is 23.6. The van der Waals surface area contributed by atoms with Gasteiger partial charge in [0.2, 0.25) is 0 Å². The molecule has 3 aromatic carbocycles. The van der Waals surface area contributed by atoms with Crippen LogP contribution in [0.3, 0.4) is 0 Å². The lowest BCUT2D eigenvalue weighted by atomic mass is 9.97. The van der Waals surface area contributed by atoms with Crippen molar-refractivity contribution in [3.63, 3.8) is 0 Å². The summed E-state index contributed by atoms with van der Waals surface area (Å²) in [5.74, 6) is -1.26. The van der Waals surface area contributed by atoms with Gasteiger partial charge in [-0.2, -0.15) is 0 Å². The van der Waals surface area contributed by atoms with E-state index in [1.165, 1.54) is 16.3 Å². The van der Waals surface area contributed by atoms with Gasteiger partial charge in [-0.3, -0.25) is 14.5 Å². The van der Waals surface area contributed by atoms with Crippen molar-refractivity contribution < 1.29 is 9.59 Å². The summed E-state index contributed by atoms with van der Waals surface area (Å²) in [5.41, 5.74) is 1.80. The molecule has 0 radical (unpaired) electrons. The number of para-hydroxylation sites is 1. The lowest BCUT2D eigenvalue weighted by Gasteiger charge is -2.29. The van der Waals surface area contributed by atoms with Gasteiger partial charge in [0.15, 0.2) is 0 Å². The molecule has 0 spiro atoms. The molecular weight excluding hydrogens is 362 g/mol. The van der Waals surface area contributed by atoms with E-state index in [-0.39, 0.29) is 6.04 Å². The monoisotopic (exact) mass is 387 g/mol. The van der Waals surface area contributed by atoms with E-state index in [0.29, 0.717) is 12.2 Å². The first-order chi connectivity index (χ1) is 14.2. The van der Waals surface area contributed by atoms with Crippen LogP contribution >= 0.6 is 0 Å². The second-order valence-corrected chi connectivity index (χ2v) is 7.36. The maximum Gasteiger partial charge on any atom is 0.313 e. The molecule has 0 saturated carbocycles. The van der Waals surface area contributed by atoms with Crippen LogP contribution in [0, 0.1) is 0 Å². The van der Waals surface area contributed by atoms with Gasteiger partial charge in [0.1, 0.15) is 0 Å². The third-order valence-electron chi connectivity index (χ3n) is 5.46. The highest BCUT2D eigenvalue weighted by Gasteiger charge is 2.26. The molecule has 5 nitrogen and oxygen atoms in total. The zero-order chi connectivity index (χ0) is 20.1. The molecule has 0 aliphatic carbocycles. The maximum absolute atomic E-state index is 12.4. The zero-order valence-electron chi connectivity index (χ0n) is 16.3. The molecule has 1 heterocycles. The van der Waals surface area contributed by atoms with Gasteiger partial charge in [0.05, 0.1) is 6.04 Å². The van der Waals surface area contributed by atoms with Gasteiger partial charge in [-0.15, -0.1) is 0 Å². The number of hydrogen-bond acceptors (Lipinski definition) is 3. The first kappa shape index (κ1) is 19.2. The fraction of sp³-hybridized carbons (Fsp3) is 0.250. The predicted molar refractivity (Wildman–Crippen MR) is 116 cm³/mol. The van der Waals surface area contributed by atoms with Crippen molar-refractivity contribution in [2.24, 2.45) is 0 Å². The molecule has 5 heteroatoms. The van der Waals surface area contributed by atoms with Crippen LogP contribution in [0.4, 0.5) is 5.69 Å². The number of fused-ring (bicyclic) bond motifs is 1. The van der Waals surface area contributed by atoms with E-state index in [4.69, 9.17) is 0 Å². The van der Waals surface area contributed by atoms with Gasteiger partial charge in [0, 0.05) is 12.2 Å². The smallest absolute Gasteiger partial charge is 0.313 e. The summed E-state index contributed by atoms with van der Waals surface area (Å²) >= 11 is 0. The van der Waals surface area contributed by atoms with Gasteiger partial charge in [-0.1, -0.05) is 60.7 Å². The third kappa shape index (κ3) is 4.46. The van der Waals surface area contributed by atoms with E-state index in [9.17, 15) is 9.59 Å². The number of hydrogen-bond donors (Lipinski definition) is 2. The molecule has 29 heavy (non-hydrogen) atoms. The number of benzene rings is 3. The average molecular weight is 387 g/mol. The van der Waals surface area contributed by atoms with Gasteiger partial charge in [0.25, 0.3) is 0 Å². The summed E-state index contributed by atoms with van der Waals surface area (Å²) in [6.07, 6.45) is 2.31. The molecule has 1 fully saturated rings. The van der Waals surface area contributed by atoms with E-state index in [0.717, 1.165) is 25.9 Å². The third-order valence-corrected chi connectivity index (χ3v) is 5.46. The molecule has 0 bridgehead atoms. The van der Waals surface area contributed by atoms with E-state index < -0.39 is 11.8 Å². The highest BCUT2D eigenvalue weighted by atomic mass is 16.2. The Morgan fingerprint density at radius 2 is 1.52 bits per heavy atom. The largest absolute Gasteiger partial charge is 0.346 e. The topological polar surface area (TPSA) is 61.4 Å². The zero-order valence-corrected chi connectivity index (χ0v) is 16.3. The van der Waals surface area contributed by atoms with Crippen LogP contribution in [0.2, 0.25) is 0 Å². The molecule has 1 aliphatic rings.